The summed E-state index contributed by atoms with van der Waals surface area (Å²) in [6, 6.07) is 6.23. The number of nitrogens with two attached hydrogens (primary N) is 1. The Morgan fingerprint density at radius 1 is 0.900 bits per heavy atom. The summed E-state index contributed by atoms with van der Waals surface area (Å²) in [5, 5.41) is 10.2. The molecule has 2 heterocycles. The lowest BCUT2D eigenvalue weighted by Crippen LogP contribution is -2.33. The van der Waals surface area contributed by atoms with Crippen molar-refractivity contribution in [3.05, 3.63) is 41.7 Å². The first-order valence-electron chi connectivity index (χ1n) is 13.2. The molecule has 2 fully saturated rings. The Morgan fingerprint density at radius 3 is 2.23 bits per heavy atom. The van der Waals surface area contributed by atoms with E-state index in [1.165, 1.54) is 25.0 Å². The van der Waals surface area contributed by atoms with Crippen LogP contribution in [-0.4, -0.2) is 44.7 Å². The van der Waals surface area contributed by atoms with Crippen molar-refractivity contribution in [2.24, 2.45) is 5.73 Å². The highest BCUT2D eigenvalue weighted by atomic mass is 35.5. The van der Waals surface area contributed by atoms with Gasteiger partial charge in [0.2, 0.25) is 5.95 Å². The van der Waals surface area contributed by atoms with Gasteiger partial charge in [0.1, 0.15) is 0 Å². The second kappa shape index (κ2) is 15.3. The maximum Gasteiger partial charge on any atom is 0.416 e. The monoisotopic (exact) mass is 624 g/mol. The van der Waals surface area contributed by atoms with Gasteiger partial charge in [-0.15, -0.1) is 37.2 Å². The molecule has 2 saturated carbocycles. The first kappa shape index (κ1) is 34.2. The number of rotatable bonds is 9. The second-order valence-electron chi connectivity index (χ2n) is 10.2. The smallest absolute Gasteiger partial charge is 0.367 e. The van der Waals surface area contributed by atoms with E-state index in [0.29, 0.717) is 43.5 Å². The van der Waals surface area contributed by atoms with Crippen molar-refractivity contribution in [1.29, 1.82) is 0 Å². The lowest BCUT2D eigenvalue weighted by Gasteiger charge is -2.27. The molecule has 0 amide bonds. The van der Waals surface area contributed by atoms with Crippen LogP contribution in [0.5, 0.6) is 0 Å². The molecule has 2 aliphatic carbocycles. The zero-order valence-corrected chi connectivity index (χ0v) is 24.6. The standard InChI is InChI=1S/C26H35F3N8.3ClH/c27-26(28,29)18-7-5-17(6-8-18)15-31-13-14-32-23-22-24(37(16-33-22)21-3-1-2-4-21)36-25(35-23)34-20-11-9-19(30)10-12-20;;;/h5-8,16,19-21,31H,1-4,9-15,30H2,(H2,32,34,35,36);3*1H/t19-,20-;;;. The molecular weight excluding hydrogens is 588 g/mol. The quantitative estimate of drug-likeness (QED) is 0.213. The minimum Gasteiger partial charge on any atom is -0.367 e. The molecule has 8 nitrogen and oxygen atoms in total. The van der Waals surface area contributed by atoms with Crippen LogP contribution in [0.25, 0.3) is 11.2 Å². The van der Waals surface area contributed by atoms with E-state index in [1.807, 2.05) is 6.33 Å². The Morgan fingerprint density at radius 2 is 1.57 bits per heavy atom. The van der Waals surface area contributed by atoms with Crippen molar-refractivity contribution in [2.45, 2.75) is 82.2 Å². The fourth-order valence-corrected chi connectivity index (χ4v) is 5.31. The molecule has 0 spiro atoms. The van der Waals surface area contributed by atoms with Crippen molar-refractivity contribution < 1.29 is 13.2 Å². The molecule has 40 heavy (non-hydrogen) atoms. The van der Waals surface area contributed by atoms with Crippen LogP contribution >= 0.6 is 37.2 Å². The van der Waals surface area contributed by atoms with Crippen molar-refractivity contribution in [3.8, 4) is 0 Å². The van der Waals surface area contributed by atoms with Crippen LogP contribution in [-0.2, 0) is 12.7 Å². The number of alkyl halides is 3. The number of aromatic nitrogens is 4. The summed E-state index contributed by atoms with van der Waals surface area (Å²) >= 11 is 0. The molecule has 0 radical (unpaired) electrons. The normalized spacial score (nSPS) is 19.4. The molecule has 0 aliphatic heterocycles. The van der Waals surface area contributed by atoms with Crippen LogP contribution in [0.3, 0.4) is 0 Å². The Hall–Kier alpha value is -2.05. The number of imidazole rings is 1. The minimum absolute atomic E-state index is 0. The van der Waals surface area contributed by atoms with Gasteiger partial charge in [-0.3, -0.25) is 0 Å². The van der Waals surface area contributed by atoms with E-state index in [-0.39, 0.29) is 43.3 Å². The molecule has 0 saturated heterocycles. The summed E-state index contributed by atoms with van der Waals surface area (Å²) < 4.78 is 40.5. The largest absolute Gasteiger partial charge is 0.416 e. The van der Waals surface area contributed by atoms with E-state index >= 15 is 0 Å². The summed E-state index contributed by atoms with van der Waals surface area (Å²) in [5.41, 5.74) is 7.84. The zero-order chi connectivity index (χ0) is 25.8. The summed E-state index contributed by atoms with van der Waals surface area (Å²) in [4.78, 5) is 14.3. The number of fused-ring (bicyclic) bond motifs is 1. The average molecular weight is 626 g/mol. The van der Waals surface area contributed by atoms with E-state index < -0.39 is 11.7 Å². The molecule has 14 heteroatoms. The molecule has 0 atom stereocenters. The summed E-state index contributed by atoms with van der Waals surface area (Å²) in [7, 11) is 0. The average Bonchev–Trinajstić information content (AvgIpc) is 3.55. The molecule has 0 unspecified atom stereocenters. The third-order valence-corrected chi connectivity index (χ3v) is 7.45. The molecule has 2 aliphatic rings. The minimum atomic E-state index is -4.32. The van der Waals surface area contributed by atoms with E-state index in [1.54, 1.807) is 0 Å². The SMILES string of the molecule is Cl.Cl.Cl.N[C@H]1CC[C@H](Nc2nc(NCCNCc3ccc(C(F)(F)F)cc3)c3ncn(C4CCCC4)c3n2)CC1. The lowest BCUT2D eigenvalue weighted by atomic mass is 9.92. The molecular formula is C26H38Cl3F3N8. The number of hydrogen-bond donors (Lipinski definition) is 4. The highest BCUT2D eigenvalue weighted by Crippen LogP contribution is 2.33. The van der Waals surface area contributed by atoms with Crippen molar-refractivity contribution in [2.75, 3.05) is 23.7 Å². The first-order chi connectivity index (χ1) is 17.9. The summed E-state index contributed by atoms with van der Waals surface area (Å²) in [6.45, 7) is 1.67. The van der Waals surface area contributed by atoms with Crippen molar-refractivity contribution in [1.82, 2.24) is 24.8 Å². The van der Waals surface area contributed by atoms with Gasteiger partial charge in [-0.2, -0.15) is 23.1 Å². The van der Waals surface area contributed by atoms with Gasteiger partial charge in [-0.1, -0.05) is 25.0 Å². The zero-order valence-electron chi connectivity index (χ0n) is 22.1. The predicted molar refractivity (Wildman–Crippen MR) is 160 cm³/mol. The second-order valence-corrected chi connectivity index (χ2v) is 10.2. The van der Waals surface area contributed by atoms with E-state index in [2.05, 4.69) is 25.5 Å². The van der Waals surface area contributed by atoms with Crippen LogP contribution in [0.4, 0.5) is 24.9 Å². The van der Waals surface area contributed by atoms with Gasteiger partial charge in [0.25, 0.3) is 0 Å². The lowest BCUT2D eigenvalue weighted by molar-refractivity contribution is -0.137. The van der Waals surface area contributed by atoms with Crippen molar-refractivity contribution in [3.63, 3.8) is 0 Å². The van der Waals surface area contributed by atoms with Crippen LogP contribution < -0.4 is 21.7 Å². The van der Waals surface area contributed by atoms with Crippen LogP contribution in [0.15, 0.2) is 30.6 Å². The molecule has 5 rings (SSSR count). The predicted octanol–water partition coefficient (Wildman–Crippen LogP) is 6.11. The van der Waals surface area contributed by atoms with Gasteiger partial charge in [-0.25, -0.2) is 4.98 Å². The molecule has 1 aromatic carbocycles. The van der Waals surface area contributed by atoms with Crippen molar-refractivity contribution >= 4 is 60.2 Å². The third kappa shape index (κ3) is 8.48. The highest BCUT2D eigenvalue weighted by Gasteiger charge is 2.30. The molecule has 3 aromatic rings. The van der Waals surface area contributed by atoms with Crippen LogP contribution in [0.1, 0.15) is 68.5 Å². The third-order valence-electron chi connectivity index (χ3n) is 7.45. The molecule has 2 aromatic heterocycles. The fourth-order valence-electron chi connectivity index (χ4n) is 5.31. The summed E-state index contributed by atoms with van der Waals surface area (Å²) in [5.74, 6) is 1.29. The van der Waals surface area contributed by atoms with E-state index in [4.69, 9.17) is 15.7 Å². The van der Waals surface area contributed by atoms with Crippen LogP contribution in [0, 0.1) is 0 Å². The number of hydrogen-bond acceptors (Lipinski definition) is 7. The Labute approximate surface area is 251 Å². The van der Waals surface area contributed by atoms with Gasteiger partial charge in [0.05, 0.1) is 11.9 Å². The maximum absolute atomic E-state index is 12.8. The molecule has 224 valence electrons. The van der Waals surface area contributed by atoms with Gasteiger partial charge in [0, 0.05) is 37.8 Å². The topological polar surface area (TPSA) is 106 Å². The molecule has 0 bridgehead atoms. The van der Waals surface area contributed by atoms with E-state index in [0.717, 1.165) is 67.4 Å². The number of nitrogens with zero attached hydrogens (tertiary/aromatic N) is 4. The van der Waals surface area contributed by atoms with E-state index in [9.17, 15) is 13.2 Å². The number of anilines is 2. The Balaban J connectivity index is 0.00000187. The van der Waals surface area contributed by atoms with Crippen LogP contribution in [0.2, 0.25) is 0 Å². The number of nitrogens with one attached hydrogen (secondary N) is 3. The molecule has 5 N–H and O–H groups in total. The fraction of sp³-hybridized carbons (Fsp3) is 0.577. The number of benzene rings is 1. The van der Waals surface area contributed by atoms with Gasteiger partial charge < -0.3 is 26.3 Å². The van der Waals surface area contributed by atoms with Gasteiger partial charge in [-0.05, 0) is 56.2 Å². The maximum atomic E-state index is 12.8. The summed E-state index contributed by atoms with van der Waals surface area (Å²) in [6.07, 6.45) is 6.27. The number of halogens is 6. The first-order valence-corrected chi connectivity index (χ1v) is 13.2. The van der Waals surface area contributed by atoms with Gasteiger partial charge in [0.15, 0.2) is 17.0 Å². The Bertz CT molecular complexity index is 1180. The highest BCUT2D eigenvalue weighted by molar-refractivity contribution is 5.86. The Kier molecular flexibility index (Phi) is 13.0. The van der Waals surface area contributed by atoms with Gasteiger partial charge >= 0.3 is 6.18 Å².